The molecule has 1 saturated heterocycles. The normalized spacial score (nSPS) is 19.5. The number of nitrogens with one attached hydrogen (secondary N) is 2. The smallest absolute Gasteiger partial charge is 0.366 e. The van der Waals surface area contributed by atoms with Crippen molar-refractivity contribution in [3.63, 3.8) is 0 Å². The molecule has 1 aromatic rings. The summed E-state index contributed by atoms with van der Waals surface area (Å²) in [6.07, 6.45) is 7.26. The predicted molar refractivity (Wildman–Crippen MR) is 230 cm³/mol. The first-order valence-electron chi connectivity index (χ1n) is 22.3. The van der Waals surface area contributed by atoms with Gasteiger partial charge < -0.3 is 48.5 Å². The summed E-state index contributed by atoms with van der Waals surface area (Å²) in [6.45, 7) is 5.91. The molecule has 0 aromatic heterocycles. The minimum absolute atomic E-state index is 0.0812. The molecule has 1 aromatic carbocycles. The second-order valence-corrected chi connectivity index (χ2v) is 15.9. The first kappa shape index (κ1) is 55.0. The van der Waals surface area contributed by atoms with Crippen molar-refractivity contribution in [1.29, 1.82) is 0 Å². The lowest BCUT2D eigenvalue weighted by molar-refractivity contribution is -0.315. The van der Waals surface area contributed by atoms with E-state index in [-0.39, 0.29) is 13.0 Å². The minimum Gasteiger partial charge on any atom is -0.465 e. The number of benzene rings is 1. The van der Waals surface area contributed by atoms with Crippen LogP contribution in [0.4, 0.5) is 0 Å². The first-order valence-corrected chi connectivity index (χ1v) is 22.3. The molecule has 1 aliphatic rings. The number of rotatable bonds is 30. The molecule has 64 heavy (non-hydrogen) atoms. The molecule has 0 unspecified atom stereocenters. The third kappa shape index (κ3) is 21.1. The second kappa shape index (κ2) is 30.1. The number of carbonyl (C=O) groups is 8. The lowest BCUT2D eigenvalue weighted by atomic mass is 9.88. The SMILES string of the molecule is CCCCCCCCCCCCCCCC(=O)N[C@@H](CO[C@@]1(C(=O)OC)C[C@H](OC(C)=O)[C@@H](NC(C)=O)[C@H]([C@@H](OC(C)=O)[C@@H](COC(C)=O)OC(C)=O)O1)C(=O)OCc1ccccc1. The summed E-state index contributed by atoms with van der Waals surface area (Å²) >= 11 is 0. The number of unbranched alkanes of at least 4 members (excludes halogenated alkanes) is 12. The van der Waals surface area contributed by atoms with Crippen molar-refractivity contribution < 1.29 is 76.3 Å². The van der Waals surface area contributed by atoms with Gasteiger partial charge in [0.05, 0.1) is 26.2 Å². The molecule has 2 rings (SSSR count). The van der Waals surface area contributed by atoms with Gasteiger partial charge in [0.15, 0.2) is 18.2 Å². The van der Waals surface area contributed by atoms with Crippen LogP contribution in [0, 0.1) is 0 Å². The molecule has 1 aliphatic heterocycles. The maximum Gasteiger partial charge on any atom is 0.366 e. The third-order valence-electron chi connectivity index (χ3n) is 10.3. The number of amides is 2. The third-order valence-corrected chi connectivity index (χ3v) is 10.3. The van der Waals surface area contributed by atoms with Crippen molar-refractivity contribution >= 4 is 47.6 Å². The Bertz CT molecular complexity index is 1640. The van der Waals surface area contributed by atoms with Gasteiger partial charge in [-0.2, -0.15) is 0 Å². The van der Waals surface area contributed by atoms with E-state index in [0.717, 1.165) is 67.4 Å². The molecule has 360 valence electrons. The van der Waals surface area contributed by atoms with Crippen molar-refractivity contribution in [2.45, 2.75) is 187 Å². The zero-order chi connectivity index (χ0) is 47.5. The standard InChI is InChI=1S/C46H70N2O16/c1-8-9-10-11-12-13-14-15-16-17-18-19-23-26-40(54)48-37(44(55)59-28-36-24-21-20-22-25-36)29-60-46(45(56)57-7)27-38(61-33(4)51)41(47-31(2)49)43(64-46)42(63-35(6)53)39(62-34(5)52)30-58-32(3)50/h20-22,24-25,37-39,41-43H,8-19,23,26-30H2,1-7H3,(H,47,49)(H,48,54)/t37-,38-,39+,41+,42-,43+,46-/m0/s1. The van der Waals surface area contributed by atoms with Gasteiger partial charge in [-0.1, -0.05) is 114 Å². The molecule has 18 nitrogen and oxygen atoms in total. The van der Waals surface area contributed by atoms with Gasteiger partial charge >= 0.3 is 35.8 Å². The highest BCUT2D eigenvalue weighted by Gasteiger charge is 2.59. The van der Waals surface area contributed by atoms with Crippen LogP contribution >= 0.6 is 0 Å². The summed E-state index contributed by atoms with van der Waals surface area (Å²) in [5, 5.41) is 5.23. The number of esters is 6. The van der Waals surface area contributed by atoms with Gasteiger partial charge in [-0.05, 0) is 12.0 Å². The summed E-state index contributed by atoms with van der Waals surface area (Å²) in [5.74, 6) is -9.46. The highest BCUT2D eigenvalue weighted by atomic mass is 16.7. The number of hydrogen-bond donors (Lipinski definition) is 2. The molecular weight excluding hydrogens is 837 g/mol. The van der Waals surface area contributed by atoms with Gasteiger partial charge in [-0.15, -0.1) is 0 Å². The van der Waals surface area contributed by atoms with Crippen molar-refractivity contribution in [3.8, 4) is 0 Å². The Morgan fingerprint density at radius 2 is 1.30 bits per heavy atom. The highest BCUT2D eigenvalue weighted by molar-refractivity contribution is 5.85. The van der Waals surface area contributed by atoms with Crippen LogP contribution < -0.4 is 10.6 Å². The van der Waals surface area contributed by atoms with E-state index in [9.17, 15) is 38.4 Å². The largest absolute Gasteiger partial charge is 0.465 e. The van der Waals surface area contributed by atoms with Crippen LogP contribution in [-0.4, -0.2) is 110 Å². The van der Waals surface area contributed by atoms with Gasteiger partial charge in [0.25, 0.3) is 5.79 Å². The molecule has 0 saturated carbocycles. The molecule has 18 heteroatoms. The molecular formula is C46H70N2O16. The monoisotopic (exact) mass is 906 g/mol. The van der Waals surface area contributed by atoms with Crippen LogP contribution in [-0.2, 0) is 82.9 Å². The predicted octanol–water partition coefficient (Wildman–Crippen LogP) is 5.23. The lowest BCUT2D eigenvalue weighted by Crippen LogP contribution is -2.69. The van der Waals surface area contributed by atoms with Crippen molar-refractivity contribution in [2.24, 2.45) is 0 Å². The Labute approximate surface area is 376 Å². The molecule has 1 heterocycles. The lowest BCUT2D eigenvalue weighted by Gasteiger charge is -2.48. The number of carbonyl (C=O) groups excluding carboxylic acids is 8. The van der Waals surface area contributed by atoms with Crippen molar-refractivity contribution in [3.05, 3.63) is 35.9 Å². The quantitative estimate of drug-likeness (QED) is 0.0571. The Kier molecular flexibility index (Phi) is 25.9. The van der Waals surface area contributed by atoms with E-state index in [1.807, 2.05) is 0 Å². The van der Waals surface area contributed by atoms with E-state index in [2.05, 4.69) is 17.6 Å². The zero-order valence-electron chi connectivity index (χ0n) is 38.6. The topological polar surface area (TPSA) is 234 Å². The Morgan fingerprint density at radius 3 is 1.81 bits per heavy atom. The summed E-state index contributed by atoms with van der Waals surface area (Å²) < 4.78 is 44.8. The fourth-order valence-electron chi connectivity index (χ4n) is 7.33. The van der Waals surface area contributed by atoms with Gasteiger partial charge in [0.1, 0.15) is 25.4 Å². The highest BCUT2D eigenvalue weighted by Crippen LogP contribution is 2.37. The summed E-state index contributed by atoms with van der Waals surface area (Å²) in [7, 11) is 1.00. The van der Waals surface area contributed by atoms with Gasteiger partial charge in [0.2, 0.25) is 11.8 Å². The summed E-state index contributed by atoms with van der Waals surface area (Å²) in [4.78, 5) is 103. The summed E-state index contributed by atoms with van der Waals surface area (Å²) in [5.41, 5.74) is 0.652. The summed E-state index contributed by atoms with van der Waals surface area (Å²) in [6, 6.07) is 5.81. The number of hydrogen-bond acceptors (Lipinski definition) is 16. The minimum atomic E-state index is -2.62. The number of ether oxygens (including phenoxy) is 8. The fraction of sp³-hybridized carbons (Fsp3) is 0.696. The van der Waals surface area contributed by atoms with Crippen LogP contribution in [0.2, 0.25) is 0 Å². The van der Waals surface area contributed by atoms with Crippen LogP contribution in [0.15, 0.2) is 30.3 Å². The zero-order valence-corrected chi connectivity index (χ0v) is 38.6. The van der Waals surface area contributed by atoms with Crippen LogP contribution in [0.5, 0.6) is 0 Å². The Balaban J connectivity index is 2.42. The average molecular weight is 907 g/mol. The van der Waals surface area contributed by atoms with Gasteiger partial charge in [0, 0.05) is 41.0 Å². The molecule has 2 amide bonds. The van der Waals surface area contributed by atoms with E-state index >= 15 is 0 Å². The van der Waals surface area contributed by atoms with Gasteiger partial charge in [-0.25, -0.2) is 9.59 Å². The fourth-order valence-corrected chi connectivity index (χ4v) is 7.33. The van der Waals surface area contributed by atoms with Crippen LogP contribution in [0.1, 0.15) is 143 Å². The molecule has 0 spiro atoms. The molecule has 7 atom stereocenters. The second-order valence-electron chi connectivity index (χ2n) is 15.9. The van der Waals surface area contributed by atoms with E-state index < -0.39 is 110 Å². The van der Waals surface area contributed by atoms with E-state index in [4.69, 9.17) is 37.9 Å². The maximum atomic E-state index is 13.9. The average Bonchev–Trinajstić information content (AvgIpc) is 3.24. The number of methoxy groups -OCH3 is 1. The van der Waals surface area contributed by atoms with Crippen molar-refractivity contribution in [2.75, 3.05) is 20.3 Å². The molecule has 0 bridgehead atoms. The van der Waals surface area contributed by atoms with E-state index in [0.29, 0.717) is 12.0 Å². The molecule has 0 radical (unpaired) electrons. The Morgan fingerprint density at radius 1 is 0.719 bits per heavy atom. The van der Waals surface area contributed by atoms with E-state index in [1.54, 1.807) is 30.3 Å². The van der Waals surface area contributed by atoms with Crippen molar-refractivity contribution in [1.82, 2.24) is 10.6 Å². The maximum absolute atomic E-state index is 13.9. The first-order chi connectivity index (χ1) is 30.5. The molecule has 2 N–H and O–H groups in total. The molecule has 1 fully saturated rings. The van der Waals surface area contributed by atoms with Crippen LogP contribution in [0.25, 0.3) is 0 Å². The van der Waals surface area contributed by atoms with Gasteiger partial charge in [-0.3, -0.25) is 28.8 Å². The van der Waals surface area contributed by atoms with Crippen LogP contribution in [0.3, 0.4) is 0 Å². The molecule has 0 aliphatic carbocycles. The Hall–Kier alpha value is -5.10. The van der Waals surface area contributed by atoms with E-state index in [1.165, 1.54) is 51.4 Å².